The Morgan fingerprint density at radius 2 is 2.15 bits per heavy atom. The molecule has 2 aromatic heterocycles. The van der Waals surface area contributed by atoms with Crippen molar-refractivity contribution in [3.05, 3.63) is 69.2 Å². The number of hydrogen-bond donors (Lipinski definition) is 0. The van der Waals surface area contributed by atoms with Crippen LogP contribution in [0.3, 0.4) is 0 Å². The smallest absolute Gasteiger partial charge is 0.276 e. The minimum absolute atomic E-state index is 0.0389. The van der Waals surface area contributed by atoms with E-state index < -0.39 is 0 Å². The van der Waals surface area contributed by atoms with E-state index in [2.05, 4.69) is 48.4 Å². The first-order valence-corrected chi connectivity index (χ1v) is 9.82. The van der Waals surface area contributed by atoms with Crippen LogP contribution in [0.15, 0.2) is 41.9 Å². The lowest BCUT2D eigenvalue weighted by Gasteiger charge is -2.30. The predicted molar refractivity (Wildman–Crippen MR) is 102 cm³/mol. The third kappa shape index (κ3) is 3.29. The van der Waals surface area contributed by atoms with Crippen molar-refractivity contribution in [3.63, 3.8) is 0 Å². The zero-order valence-electron chi connectivity index (χ0n) is 15.1. The van der Waals surface area contributed by atoms with Crippen LogP contribution < -0.4 is 0 Å². The van der Waals surface area contributed by atoms with E-state index in [9.17, 15) is 4.79 Å². The van der Waals surface area contributed by atoms with E-state index in [1.807, 2.05) is 16.3 Å². The number of nitrogens with zero attached hydrogens (tertiary/aromatic N) is 4. The summed E-state index contributed by atoms with van der Waals surface area (Å²) in [5.74, 6) is 0.465. The molecule has 0 saturated carbocycles. The Hall–Kier alpha value is -2.47. The first-order valence-electron chi connectivity index (χ1n) is 8.94. The summed E-state index contributed by atoms with van der Waals surface area (Å²) in [4.78, 5) is 15.9. The summed E-state index contributed by atoms with van der Waals surface area (Å²) in [6, 6.07) is 10.5. The molecule has 4 rings (SSSR count). The zero-order valence-corrected chi connectivity index (χ0v) is 15.9. The minimum atomic E-state index is -0.0389. The lowest BCUT2D eigenvalue weighted by Crippen LogP contribution is -2.36. The molecule has 134 valence electrons. The van der Waals surface area contributed by atoms with E-state index in [0.29, 0.717) is 24.7 Å². The molecule has 1 amide bonds. The summed E-state index contributed by atoms with van der Waals surface area (Å²) < 4.78 is 1.73. The van der Waals surface area contributed by atoms with Gasteiger partial charge < -0.3 is 4.90 Å². The third-order valence-corrected chi connectivity index (χ3v) is 5.73. The van der Waals surface area contributed by atoms with E-state index in [-0.39, 0.29) is 5.91 Å². The summed E-state index contributed by atoms with van der Waals surface area (Å²) >= 11 is 1.68. The van der Waals surface area contributed by atoms with Gasteiger partial charge in [-0.25, -0.2) is 4.68 Å². The molecular formula is C20H22N4OS. The van der Waals surface area contributed by atoms with Crippen LogP contribution in [0.4, 0.5) is 0 Å². The number of thiophene rings is 1. The number of benzene rings is 1. The molecule has 0 N–H and O–H groups in total. The maximum Gasteiger partial charge on any atom is 0.276 e. The van der Waals surface area contributed by atoms with Gasteiger partial charge in [0.05, 0.1) is 12.7 Å². The van der Waals surface area contributed by atoms with Gasteiger partial charge in [0.1, 0.15) is 0 Å². The molecule has 1 aromatic carbocycles. The van der Waals surface area contributed by atoms with Crippen LogP contribution in [-0.4, -0.2) is 32.3 Å². The molecule has 0 fully saturated rings. The van der Waals surface area contributed by atoms with Gasteiger partial charge in [-0.3, -0.25) is 4.79 Å². The fraction of sp³-hybridized carbons (Fsp3) is 0.350. The fourth-order valence-corrected chi connectivity index (χ4v) is 4.25. The number of hydrogen-bond acceptors (Lipinski definition) is 4. The van der Waals surface area contributed by atoms with Crippen molar-refractivity contribution in [2.75, 3.05) is 6.54 Å². The SMILES string of the molecule is CC(C)c1cccc2c1CCN(C(=O)c1cn(Cc3cccs3)nn1)C2. The Kier molecular flexibility index (Phi) is 4.59. The van der Waals surface area contributed by atoms with E-state index >= 15 is 0 Å². The lowest BCUT2D eigenvalue weighted by molar-refractivity contribution is 0.0728. The van der Waals surface area contributed by atoms with Gasteiger partial charge in [0.25, 0.3) is 5.91 Å². The molecule has 26 heavy (non-hydrogen) atoms. The molecule has 3 heterocycles. The molecule has 0 spiro atoms. The summed E-state index contributed by atoms with van der Waals surface area (Å²) in [5, 5.41) is 10.3. The highest BCUT2D eigenvalue weighted by molar-refractivity contribution is 7.09. The van der Waals surface area contributed by atoms with E-state index in [0.717, 1.165) is 13.0 Å². The summed E-state index contributed by atoms with van der Waals surface area (Å²) in [6.45, 7) is 6.47. The number of carbonyl (C=O) groups is 1. The Labute approximate surface area is 157 Å². The number of fused-ring (bicyclic) bond motifs is 1. The minimum Gasteiger partial charge on any atom is -0.333 e. The summed E-state index contributed by atoms with van der Waals surface area (Å²) in [5.41, 5.74) is 4.48. The highest BCUT2D eigenvalue weighted by Gasteiger charge is 2.25. The highest BCUT2D eigenvalue weighted by Crippen LogP contribution is 2.28. The molecule has 0 aliphatic carbocycles. The first kappa shape index (κ1) is 17.0. The fourth-order valence-electron chi connectivity index (χ4n) is 3.55. The number of carbonyl (C=O) groups excluding carboxylic acids is 1. The zero-order chi connectivity index (χ0) is 18.1. The van der Waals surface area contributed by atoms with E-state index in [4.69, 9.17) is 0 Å². The second-order valence-corrected chi connectivity index (χ2v) is 8.03. The molecular weight excluding hydrogens is 344 g/mol. The van der Waals surface area contributed by atoms with Crippen LogP contribution >= 0.6 is 11.3 Å². The molecule has 0 saturated heterocycles. The Morgan fingerprint density at radius 1 is 1.27 bits per heavy atom. The molecule has 0 unspecified atom stereocenters. The second kappa shape index (κ2) is 7.03. The topological polar surface area (TPSA) is 51.0 Å². The second-order valence-electron chi connectivity index (χ2n) is 7.00. The standard InChI is InChI=1S/C20H22N4OS/c1-14(2)17-7-3-5-15-11-23(9-8-18(15)17)20(25)19-13-24(22-21-19)12-16-6-4-10-26-16/h3-7,10,13-14H,8-9,11-12H2,1-2H3. The van der Waals surface area contributed by atoms with Gasteiger partial charge in [-0.05, 0) is 40.5 Å². The highest BCUT2D eigenvalue weighted by atomic mass is 32.1. The van der Waals surface area contributed by atoms with Crippen molar-refractivity contribution < 1.29 is 4.79 Å². The van der Waals surface area contributed by atoms with Gasteiger partial charge in [0.15, 0.2) is 5.69 Å². The average molecular weight is 366 g/mol. The Bertz CT molecular complexity index is 914. The Morgan fingerprint density at radius 3 is 2.92 bits per heavy atom. The van der Waals surface area contributed by atoms with Gasteiger partial charge in [-0.15, -0.1) is 16.4 Å². The van der Waals surface area contributed by atoms with E-state index in [1.54, 1.807) is 22.2 Å². The molecule has 0 atom stereocenters. The molecule has 0 bridgehead atoms. The lowest BCUT2D eigenvalue weighted by atomic mass is 9.89. The van der Waals surface area contributed by atoms with Gasteiger partial charge in [-0.2, -0.15) is 0 Å². The average Bonchev–Trinajstić information content (AvgIpc) is 3.32. The normalized spacial score (nSPS) is 13.9. The van der Waals surface area contributed by atoms with Crippen molar-refractivity contribution >= 4 is 17.2 Å². The van der Waals surface area contributed by atoms with Crippen LogP contribution in [0.5, 0.6) is 0 Å². The van der Waals surface area contributed by atoms with E-state index in [1.165, 1.54) is 21.6 Å². The van der Waals surface area contributed by atoms with Gasteiger partial charge in [-0.1, -0.05) is 43.3 Å². The summed E-state index contributed by atoms with van der Waals surface area (Å²) in [7, 11) is 0. The van der Waals surface area contributed by atoms with Crippen molar-refractivity contribution in [2.45, 2.75) is 39.3 Å². The maximum absolute atomic E-state index is 12.9. The molecule has 6 heteroatoms. The molecule has 3 aromatic rings. The first-order chi connectivity index (χ1) is 12.6. The van der Waals surface area contributed by atoms with Crippen LogP contribution in [0.2, 0.25) is 0 Å². The number of amides is 1. The number of aromatic nitrogens is 3. The van der Waals surface area contributed by atoms with Crippen molar-refractivity contribution in [1.29, 1.82) is 0 Å². The summed E-state index contributed by atoms with van der Waals surface area (Å²) in [6.07, 6.45) is 2.65. The quantitative estimate of drug-likeness (QED) is 0.707. The molecule has 0 radical (unpaired) electrons. The monoisotopic (exact) mass is 366 g/mol. The molecule has 1 aliphatic rings. The van der Waals surface area contributed by atoms with Crippen LogP contribution in [0.1, 0.15) is 51.8 Å². The van der Waals surface area contributed by atoms with Crippen molar-refractivity contribution in [1.82, 2.24) is 19.9 Å². The van der Waals surface area contributed by atoms with Gasteiger partial charge in [0, 0.05) is 18.0 Å². The predicted octanol–water partition coefficient (Wildman–Crippen LogP) is 3.71. The van der Waals surface area contributed by atoms with Crippen LogP contribution in [-0.2, 0) is 19.5 Å². The van der Waals surface area contributed by atoms with Gasteiger partial charge in [0.2, 0.25) is 0 Å². The van der Waals surface area contributed by atoms with Crippen LogP contribution in [0, 0.1) is 0 Å². The number of rotatable bonds is 4. The third-order valence-electron chi connectivity index (χ3n) is 4.87. The molecule has 1 aliphatic heterocycles. The largest absolute Gasteiger partial charge is 0.333 e. The van der Waals surface area contributed by atoms with Crippen molar-refractivity contribution in [3.8, 4) is 0 Å². The van der Waals surface area contributed by atoms with Crippen molar-refractivity contribution in [2.24, 2.45) is 0 Å². The van der Waals surface area contributed by atoms with Gasteiger partial charge >= 0.3 is 0 Å². The molecule has 5 nitrogen and oxygen atoms in total. The Balaban J connectivity index is 1.50. The van der Waals surface area contributed by atoms with Crippen LogP contribution in [0.25, 0.3) is 0 Å². The maximum atomic E-state index is 12.9.